The average molecular weight is 321 g/mol. The molecule has 4 atom stereocenters. The van der Waals surface area contributed by atoms with Crippen LogP contribution in [0.15, 0.2) is 18.2 Å². The summed E-state index contributed by atoms with van der Waals surface area (Å²) >= 11 is 0. The summed E-state index contributed by atoms with van der Waals surface area (Å²) in [5, 5.41) is 10.8. The summed E-state index contributed by atoms with van der Waals surface area (Å²) < 4.78 is 22.8. The Morgan fingerprint density at radius 3 is 2.78 bits per heavy atom. The maximum Gasteiger partial charge on any atom is 0.143 e. The van der Waals surface area contributed by atoms with Crippen molar-refractivity contribution in [2.45, 2.75) is 30.8 Å². The van der Waals surface area contributed by atoms with E-state index in [9.17, 15) is 5.11 Å². The molecule has 0 spiro atoms. The third-order valence-electron chi connectivity index (χ3n) is 5.05. The van der Waals surface area contributed by atoms with E-state index in [4.69, 9.17) is 18.9 Å². The summed E-state index contributed by atoms with van der Waals surface area (Å²) in [6, 6.07) is 5.82. The number of fused-ring (bicyclic) bond motifs is 2. The van der Waals surface area contributed by atoms with Crippen LogP contribution in [0, 0.1) is 0 Å². The molecule has 1 aromatic carbocycles. The zero-order chi connectivity index (χ0) is 15.8. The highest BCUT2D eigenvalue weighted by molar-refractivity contribution is 5.44. The van der Waals surface area contributed by atoms with E-state index in [0.29, 0.717) is 12.4 Å². The van der Waals surface area contributed by atoms with E-state index in [2.05, 4.69) is 4.90 Å². The molecule has 0 bridgehead atoms. The number of benzene rings is 1. The molecule has 3 heterocycles. The van der Waals surface area contributed by atoms with Gasteiger partial charge in [-0.15, -0.1) is 0 Å². The molecule has 2 saturated heterocycles. The molecule has 3 aliphatic rings. The van der Waals surface area contributed by atoms with Gasteiger partial charge < -0.3 is 24.1 Å². The zero-order valence-electron chi connectivity index (χ0n) is 13.3. The van der Waals surface area contributed by atoms with E-state index in [-0.39, 0.29) is 18.2 Å². The third kappa shape index (κ3) is 2.70. The number of hydrogen-bond donors (Lipinski definition) is 1. The molecule has 4 unspecified atom stereocenters. The van der Waals surface area contributed by atoms with Crippen LogP contribution in [-0.2, 0) is 9.47 Å². The number of nitrogens with zero attached hydrogens (tertiary/aromatic N) is 1. The third-order valence-corrected chi connectivity index (χ3v) is 5.05. The fourth-order valence-corrected chi connectivity index (χ4v) is 3.83. The number of aliphatic hydroxyl groups excluding tert-OH is 1. The van der Waals surface area contributed by atoms with E-state index < -0.39 is 6.10 Å². The molecule has 0 aromatic heterocycles. The second-order valence-corrected chi connectivity index (χ2v) is 6.27. The van der Waals surface area contributed by atoms with Crippen molar-refractivity contribution in [1.82, 2.24) is 4.90 Å². The van der Waals surface area contributed by atoms with Gasteiger partial charge in [0.25, 0.3) is 0 Å². The van der Waals surface area contributed by atoms with Crippen LogP contribution in [0.2, 0.25) is 0 Å². The lowest BCUT2D eigenvalue weighted by molar-refractivity contribution is -0.167. The van der Waals surface area contributed by atoms with Crippen LogP contribution in [-0.4, -0.2) is 68.3 Å². The Kier molecular flexibility index (Phi) is 4.15. The van der Waals surface area contributed by atoms with Crippen molar-refractivity contribution in [2.24, 2.45) is 0 Å². The van der Waals surface area contributed by atoms with Crippen molar-refractivity contribution < 1.29 is 24.1 Å². The van der Waals surface area contributed by atoms with Gasteiger partial charge in [0.1, 0.15) is 29.8 Å². The Balaban J connectivity index is 1.62. The number of methoxy groups -OCH3 is 1. The molecule has 23 heavy (non-hydrogen) atoms. The molecule has 0 aliphatic carbocycles. The predicted molar refractivity (Wildman–Crippen MR) is 82.9 cm³/mol. The Morgan fingerprint density at radius 2 is 2.00 bits per heavy atom. The predicted octanol–water partition coefficient (Wildman–Crippen LogP) is 0.979. The van der Waals surface area contributed by atoms with E-state index >= 15 is 0 Å². The number of morpholine rings is 1. The zero-order valence-corrected chi connectivity index (χ0v) is 13.3. The molecule has 0 amide bonds. The Morgan fingerprint density at radius 1 is 1.17 bits per heavy atom. The molecule has 6 heteroatoms. The normalized spacial score (nSPS) is 34.2. The quantitative estimate of drug-likeness (QED) is 0.876. The van der Waals surface area contributed by atoms with Crippen molar-refractivity contribution in [1.29, 1.82) is 0 Å². The lowest BCUT2D eigenvalue weighted by atomic mass is 9.88. The first-order valence-corrected chi connectivity index (χ1v) is 8.24. The molecule has 1 N–H and O–H groups in total. The van der Waals surface area contributed by atoms with Crippen molar-refractivity contribution in [3.8, 4) is 11.5 Å². The van der Waals surface area contributed by atoms with Crippen molar-refractivity contribution >= 4 is 0 Å². The van der Waals surface area contributed by atoms with Gasteiger partial charge in [-0.3, -0.25) is 4.90 Å². The minimum atomic E-state index is -0.692. The fraction of sp³-hybridized carbons (Fsp3) is 0.647. The van der Waals surface area contributed by atoms with Crippen molar-refractivity contribution in [2.75, 3.05) is 40.0 Å². The van der Waals surface area contributed by atoms with Gasteiger partial charge in [-0.25, -0.2) is 0 Å². The minimum Gasteiger partial charge on any atom is -0.497 e. The van der Waals surface area contributed by atoms with Gasteiger partial charge >= 0.3 is 0 Å². The number of aliphatic hydroxyl groups is 1. The van der Waals surface area contributed by atoms with Crippen molar-refractivity contribution in [3.05, 3.63) is 23.8 Å². The SMILES string of the molecule is COc1ccc2c(c1)C(O)C1OCCC(N3CCOCC3)C1O2. The molecule has 3 aliphatic heterocycles. The molecule has 2 fully saturated rings. The largest absolute Gasteiger partial charge is 0.497 e. The summed E-state index contributed by atoms with van der Waals surface area (Å²) in [6.45, 7) is 3.96. The summed E-state index contributed by atoms with van der Waals surface area (Å²) in [4.78, 5) is 2.41. The van der Waals surface area contributed by atoms with Gasteiger partial charge in [0.05, 0.1) is 26.4 Å². The second kappa shape index (κ2) is 6.28. The lowest BCUT2D eigenvalue weighted by Gasteiger charge is -2.48. The van der Waals surface area contributed by atoms with Crippen LogP contribution in [0.25, 0.3) is 0 Å². The van der Waals surface area contributed by atoms with Gasteiger partial charge in [-0.05, 0) is 24.6 Å². The van der Waals surface area contributed by atoms with Crippen LogP contribution < -0.4 is 9.47 Å². The maximum absolute atomic E-state index is 10.8. The second-order valence-electron chi connectivity index (χ2n) is 6.27. The maximum atomic E-state index is 10.8. The molecule has 1 aromatic rings. The van der Waals surface area contributed by atoms with Crippen LogP contribution >= 0.6 is 0 Å². The molecule has 0 radical (unpaired) electrons. The van der Waals surface area contributed by atoms with E-state index in [1.165, 1.54) is 0 Å². The van der Waals surface area contributed by atoms with Gasteiger partial charge in [-0.2, -0.15) is 0 Å². The Hall–Kier alpha value is -1.34. The van der Waals surface area contributed by atoms with Gasteiger partial charge in [0.15, 0.2) is 0 Å². The van der Waals surface area contributed by atoms with E-state index in [1.807, 2.05) is 18.2 Å². The highest BCUT2D eigenvalue weighted by Gasteiger charge is 2.47. The fourth-order valence-electron chi connectivity index (χ4n) is 3.83. The first-order chi connectivity index (χ1) is 11.3. The highest BCUT2D eigenvalue weighted by Crippen LogP contribution is 2.42. The molecule has 126 valence electrons. The van der Waals surface area contributed by atoms with E-state index in [1.54, 1.807) is 7.11 Å². The monoisotopic (exact) mass is 321 g/mol. The smallest absolute Gasteiger partial charge is 0.143 e. The topological polar surface area (TPSA) is 60.4 Å². The van der Waals surface area contributed by atoms with E-state index in [0.717, 1.165) is 44.0 Å². The number of rotatable bonds is 2. The molecule has 6 nitrogen and oxygen atoms in total. The van der Waals surface area contributed by atoms with Gasteiger partial charge in [0, 0.05) is 25.3 Å². The summed E-state index contributed by atoms with van der Waals surface area (Å²) in [6.07, 6.45) is -0.268. The van der Waals surface area contributed by atoms with Gasteiger partial charge in [0.2, 0.25) is 0 Å². The highest BCUT2D eigenvalue weighted by atomic mass is 16.6. The van der Waals surface area contributed by atoms with Crippen LogP contribution in [0.5, 0.6) is 11.5 Å². The molecule has 0 saturated carbocycles. The van der Waals surface area contributed by atoms with Crippen LogP contribution in [0.1, 0.15) is 18.1 Å². The molecular weight excluding hydrogens is 298 g/mol. The first kappa shape index (κ1) is 15.2. The van der Waals surface area contributed by atoms with Crippen LogP contribution in [0.4, 0.5) is 0 Å². The average Bonchev–Trinajstić information content (AvgIpc) is 2.62. The summed E-state index contributed by atoms with van der Waals surface area (Å²) in [7, 11) is 1.62. The van der Waals surface area contributed by atoms with Crippen LogP contribution in [0.3, 0.4) is 0 Å². The Bertz CT molecular complexity index is 560. The summed E-state index contributed by atoms with van der Waals surface area (Å²) in [5.41, 5.74) is 0.744. The standard InChI is InChI=1S/C17H23NO5/c1-20-11-2-3-14-12(10-11)15(19)17-16(23-14)13(4-7-22-17)18-5-8-21-9-6-18/h2-3,10,13,15-17,19H,4-9H2,1H3. The summed E-state index contributed by atoms with van der Waals surface area (Å²) in [5.74, 6) is 1.44. The van der Waals surface area contributed by atoms with Crippen molar-refractivity contribution in [3.63, 3.8) is 0 Å². The minimum absolute atomic E-state index is 0.155. The molecule has 4 rings (SSSR count). The first-order valence-electron chi connectivity index (χ1n) is 8.24. The van der Waals surface area contributed by atoms with Gasteiger partial charge in [-0.1, -0.05) is 0 Å². The number of ether oxygens (including phenoxy) is 4. The Labute approximate surface area is 135 Å². The molecular formula is C17H23NO5. The lowest BCUT2D eigenvalue weighted by Crippen LogP contribution is -2.60. The number of hydrogen-bond acceptors (Lipinski definition) is 6.